The predicted octanol–water partition coefficient (Wildman–Crippen LogP) is 4.10. The smallest absolute Gasteiger partial charge is 0.124 e. The molecule has 4 aromatic rings. The van der Waals surface area contributed by atoms with E-state index in [1.165, 1.54) is 4.70 Å². The number of aliphatic hydroxyl groups is 2. The van der Waals surface area contributed by atoms with Gasteiger partial charge >= 0.3 is 0 Å². The SMILES string of the molecule is CN1CC(C)([C@@](O)(c2cncc(-c3cc(C(C)(C)O)[nH]n3)c2)c2ccc3sccc3c2)C1. The molecule has 32 heavy (non-hydrogen) atoms. The highest BCUT2D eigenvalue weighted by Gasteiger charge is 2.55. The van der Waals surface area contributed by atoms with Gasteiger partial charge in [0.1, 0.15) is 11.2 Å². The van der Waals surface area contributed by atoms with Crippen molar-refractivity contribution in [3.05, 3.63) is 71.0 Å². The fourth-order valence-corrected chi connectivity index (χ4v) is 5.76. The van der Waals surface area contributed by atoms with Crippen molar-refractivity contribution in [3.8, 4) is 11.3 Å². The van der Waals surface area contributed by atoms with Crippen molar-refractivity contribution in [1.29, 1.82) is 0 Å². The molecule has 1 aliphatic heterocycles. The maximum atomic E-state index is 12.4. The van der Waals surface area contributed by atoms with Crippen LogP contribution in [0.4, 0.5) is 0 Å². The lowest BCUT2D eigenvalue weighted by Crippen LogP contribution is -2.63. The van der Waals surface area contributed by atoms with E-state index in [0.717, 1.165) is 35.2 Å². The number of benzene rings is 1. The average molecular weight is 449 g/mol. The fraction of sp³-hybridized carbons (Fsp3) is 0.360. The molecule has 1 saturated heterocycles. The Hall–Kier alpha value is -2.58. The molecule has 1 aromatic carbocycles. The molecule has 0 radical (unpaired) electrons. The highest BCUT2D eigenvalue weighted by Crippen LogP contribution is 2.50. The van der Waals surface area contributed by atoms with Crippen molar-refractivity contribution in [2.45, 2.75) is 32.0 Å². The van der Waals surface area contributed by atoms with Gasteiger partial charge in [-0.25, -0.2) is 0 Å². The zero-order valence-electron chi connectivity index (χ0n) is 18.8. The van der Waals surface area contributed by atoms with Crippen molar-refractivity contribution in [2.75, 3.05) is 20.1 Å². The Labute approximate surface area is 191 Å². The van der Waals surface area contributed by atoms with Gasteiger partial charge in [0, 0.05) is 46.7 Å². The molecule has 0 aliphatic carbocycles. The molecule has 3 aromatic heterocycles. The van der Waals surface area contributed by atoms with E-state index in [1.807, 2.05) is 18.2 Å². The minimum Gasteiger partial charge on any atom is -0.384 e. The number of nitrogens with zero attached hydrogens (tertiary/aromatic N) is 3. The highest BCUT2D eigenvalue weighted by molar-refractivity contribution is 7.17. The summed E-state index contributed by atoms with van der Waals surface area (Å²) in [6, 6.07) is 12.1. The third kappa shape index (κ3) is 3.28. The normalized spacial score (nSPS) is 18.4. The minimum atomic E-state index is -1.21. The maximum absolute atomic E-state index is 12.4. The van der Waals surface area contributed by atoms with Crippen LogP contribution >= 0.6 is 11.3 Å². The molecule has 1 atom stereocenters. The van der Waals surface area contributed by atoms with Crippen molar-refractivity contribution in [3.63, 3.8) is 0 Å². The van der Waals surface area contributed by atoms with Gasteiger partial charge in [0.05, 0.1) is 11.4 Å². The Bertz CT molecular complexity index is 1280. The minimum absolute atomic E-state index is 0.365. The number of aromatic amines is 1. The van der Waals surface area contributed by atoms with Crippen LogP contribution in [0.1, 0.15) is 37.6 Å². The van der Waals surface area contributed by atoms with Crippen LogP contribution in [0.25, 0.3) is 21.3 Å². The van der Waals surface area contributed by atoms with E-state index in [2.05, 4.69) is 57.6 Å². The molecule has 7 heteroatoms. The van der Waals surface area contributed by atoms with E-state index in [1.54, 1.807) is 37.6 Å². The number of nitrogens with one attached hydrogen (secondary N) is 1. The van der Waals surface area contributed by atoms with Crippen LogP contribution in [0.5, 0.6) is 0 Å². The first-order valence-corrected chi connectivity index (χ1v) is 11.6. The Morgan fingerprint density at radius 2 is 1.84 bits per heavy atom. The van der Waals surface area contributed by atoms with E-state index in [0.29, 0.717) is 11.4 Å². The summed E-state index contributed by atoms with van der Waals surface area (Å²) in [5, 5.41) is 33.2. The van der Waals surface area contributed by atoms with Crippen molar-refractivity contribution in [1.82, 2.24) is 20.1 Å². The zero-order chi connectivity index (χ0) is 22.7. The molecule has 0 unspecified atom stereocenters. The van der Waals surface area contributed by atoms with Gasteiger partial charge in [0.15, 0.2) is 0 Å². The zero-order valence-corrected chi connectivity index (χ0v) is 19.6. The summed E-state index contributed by atoms with van der Waals surface area (Å²) in [6.07, 6.45) is 3.50. The lowest BCUT2D eigenvalue weighted by Gasteiger charge is -2.55. The first kappa shape index (κ1) is 21.3. The number of hydrogen-bond acceptors (Lipinski definition) is 6. The standard InChI is InChI=1S/C25H28N4O2S/c1-23(2,30)22-11-20(27-28-22)17-10-19(13-26-12-17)25(31,24(3)14-29(4)15-24)18-5-6-21-16(9-18)7-8-32-21/h5-13,30-31H,14-15H2,1-4H3,(H,27,28)/t25-/m0/s1. The molecule has 1 aliphatic rings. The number of hydrogen-bond donors (Lipinski definition) is 3. The lowest BCUT2D eigenvalue weighted by atomic mass is 9.62. The molecule has 0 spiro atoms. The number of likely N-dealkylation sites (tertiary alicyclic amines) is 1. The second kappa shape index (κ2) is 7.22. The van der Waals surface area contributed by atoms with Gasteiger partial charge in [-0.1, -0.05) is 13.0 Å². The topological polar surface area (TPSA) is 85.3 Å². The maximum Gasteiger partial charge on any atom is 0.124 e. The highest BCUT2D eigenvalue weighted by atomic mass is 32.1. The van der Waals surface area contributed by atoms with Gasteiger partial charge in [-0.15, -0.1) is 11.3 Å². The van der Waals surface area contributed by atoms with E-state index >= 15 is 0 Å². The van der Waals surface area contributed by atoms with Gasteiger partial charge in [-0.2, -0.15) is 5.10 Å². The van der Waals surface area contributed by atoms with Crippen molar-refractivity contribution < 1.29 is 10.2 Å². The Kier molecular flexibility index (Phi) is 4.80. The summed E-state index contributed by atoms with van der Waals surface area (Å²) in [4.78, 5) is 6.70. The Balaban J connectivity index is 1.64. The average Bonchev–Trinajstić information content (AvgIpc) is 3.41. The molecular weight excluding hydrogens is 420 g/mol. The van der Waals surface area contributed by atoms with Gasteiger partial charge in [0.25, 0.3) is 0 Å². The fourth-order valence-electron chi connectivity index (χ4n) is 4.99. The third-order valence-corrected chi connectivity index (χ3v) is 7.57. The number of rotatable bonds is 5. The summed E-state index contributed by atoms with van der Waals surface area (Å²) in [5.41, 5.74) is 1.12. The second-order valence-electron chi connectivity index (χ2n) is 9.80. The molecule has 0 amide bonds. The van der Waals surface area contributed by atoms with Crippen LogP contribution in [0.3, 0.4) is 0 Å². The Morgan fingerprint density at radius 3 is 2.53 bits per heavy atom. The van der Waals surface area contributed by atoms with E-state index in [4.69, 9.17) is 0 Å². The van der Waals surface area contributed by atoms with Crippen LogP contribution in [-0.4, -0.2) is 50.4 Å². The van der Waals surface area contributed by atoms with Crippen LogP contribution in [0.15, 0.2) is 54.2 Å². The second-order valence-corrected chi connectivity index (χ2v) is 10.8. The molecule has 4 heterocycles. The molecule has 3 N–H and O–H groups in total. The summed E-state index contributed by atoms with van der Waals surface area (Å²) in [5.74, 6) is 0. The number of thiophene rings is 1. The van der Waals surface area contributed by atoms with Crippen LogP contribution < -0.4 is 0 Å². The number of aromatic nitrogens is 3. The first-order chi connectivity index (χ1) is 15.1. The molecule has 5 rings (SSSR count). The first-order valence-electron chi connectivity index (χ1n) is 10.7. The molecule has 166 valence electrons. The van der Waals surface area contributed by atoms with E-state index < -0.39 is 11.2 Å². The lowest BCUT2D eigenvalue weighted by molar-refractivity contribution is -0.127. The van der Waals surface area contributed by atoms with Crippen molar-refractivity contribution >= 4 is 21.4 Å². The summed E-state index contributed by atoms with van der Waals surface area (Å²) in [7, 11) is 2.07. The van der Waals surface area contributed by atoms with Gasteiger partial charge in [-0.3, -0.25) is 10.1 Å². The molecule has 0 saturated carbocycles. The molecular formula is C25H28N4O2S. The number of H-pyrrole nitrogens is 1. The van der Waals surface area contributed by atoms with Crippen molar-refractivity contribution in [2.24, 2.45) is 5.41 Å². The van der Waals surface area contributed by atoms with Crippen LogP contribution in [-0.2, 0) is 11.2 Å². The van der Waals surface area contributed by atoms with Gasteiger partial charge in [0.2, 0.25) is 0 Å². The Morgan fingerprint density at radius 1 is 1.06 bits per heavy atom. The van der Waals surface area contributed by atoms with Crippen LogP contribution in [0, 0.1) is 5.41 Å². The third-order valence-electron chi connectivity index (χ3n) is 6.67. The monoisotopic (exact) mass is 448 g/mol. The molecule has 1 fully saturated rings. The van der Waals surface area contributed by atoms with Crippen LogP contribution in [0.2, 0.25) is 0 Å². The number of pyridine rings is 1. The van der Waals surface area contributed by atoms with Gasteiger partial charge < -0.3 is 15.1 Å². The predicted molar refractivity (Wildman–Crippen MR) is 127 cm³/mol. The summed E-state index contributed by atoms with van der Waals surface area (Å²) >= 11 is 1.70. The summed E-state index contributed by atoms with van der Waals surface area (Å²) < 4.78 is 1.20. The largest absolute Gasteiger partial charge is 0.384 e. The summed E-state index contributed by atoms with van der Waals surface area (Å²) in [6.45, 7) is 7.12. The quantitative estimate of drug-likeness (QED) is 0.428. The van der Waals surface area contributed by atoms with Gasteiger partial charge in [-0.05, 0) is 67.6 Å². The molecule has 0 bridgehead atoms. The van der Waals surface area contributed by atoms with E-state index in [9.17, 15) is 10.2 Å². The van der Waals surface area contributed by atoms with E-state index in [-0.39, 0.29) is 5.41 Å². The number of fused-ring (bicyclic) bond motifs is 1. The molecule has 6 nitrogen and oxygen atoms in total.